The SMILES string of the molecule is CCOC(=O)CSC1=NC=NC2=NC=NC21. The molecule has 0 aromatic heterocycles. The molecule has 16 heavy (non-hydrogen) atoms. The van der Waals surface area contributed by atoms with Gasteiger partial charge in [-0.25, -0.2) is 15.0 Å². The van der Waals surface area contributed by atoms with Crippen LogP contribution >= 0.6 is 11.8 Å². The average Bonchev–Trinajstić information content (AvgIpc) is 2.75. The summed E-state index contributed by atoms with van der Waals surface area (Å²) in [6.45, 7) is 2.17. The van der Waals surface area contributed by atoms with Crippen LogP contribution in [0.3, 0.4) is 0 Å². The predicted octanol–water partition coefficient (Wildman–Crippen LogP) is 0.532. The van der Waals surface area contributed by atoms with Crippen molar-refractivity contribution in [1.82, 2.24) is 0 Å². The Balaban J connectivity index is 1.93. The zero-order valence-electron chi connectivity index (χ0n) is 8.66. The molecule has 2 rings (SSSR count). The number of carbonyl (C=O) groups is 1. The van der Waals surface area contributed by atoms with Gasteiger partial charge in [0.1, 0.15) is 17.7 Å². The molecule has 1 atom stereocenters. The molecule has 0 bridgehead atoms. The molecule has 0 N–H and O–H groups in total. The first-order chi connectivity index (χ1) is 7.81. The lowest BCUT2D eigenvalue weighted by Gasteiger charge is -2.12. The van der Waals surface area contributed by atoms with E-state index in [9.17, 15) is 4.79 Å². The summed E-state index contributed by atoms with van der Waals surface area (Å²) in [7, 11) is 0. The monoisotopic (exact) mass is 238 g/mol. The van der Waals surface area contributed by atoms with E-state index in [1.165, 1.54) is 24.4 Å². The largest absolute Gasteiger partial charge is 0.465 e. The molecule has 0 aromatic rings. The molecule has 1 unspecified atom stereocenters. The van der Waals surface area contributed by atoms with E-state index in [1.54, 1.807) is 6.92 Å². The number of hydrogen-bond donors (Lipinski definition) is 0. The Morgan fingerprint density at radius 2 is 2.38 bits per heavy atom. The van der Waals surface area contributed by atoms with Crippen LogP contribution in [0.2, 0.25) is 0 Å². The summed E-state index contributed by atoms with van der Waals surface area (Å²) in [5.41, 5.74) is 0. The number of hydrogen-bond acceptors (Lipinski definition) is 7. The van der Waals surface area contributed by atoms with Gasteiger partial charge in [0.25, 0.3) is 0 Å². The van der Waals surface area contributed by atoms with Crippen LogP contribution in [-0.2, 0) is 9.53 Å². The second-order valence-electron chi connectivity index (χ2n) is 2.96. The van der Waals surface area contributed by atoms with Gasteiger partial charge in [-0.15, -0.1) is 0 Å². The fourth-order valence-electron chi connectivity index (χ4n) is 1.24. The van der Waals surface area contributed by atoms with Gasteiger partial charge in [0.05, 0.1) is 12.4 Å². The van der Waals surface area contributed by atoms with Crippen LogP contribution in [0.5, 0.6) is 0 Å². The Hall–Kier alpha value is -1.50. The van der Waals surface area contributed by atoms with E-state index < -0.39 is 0 Å². The van der Waals surface area contributed by atoms with Gasteiger partial charge >= 0.3 is 5.97 Å². The molecule has 0 radical (unpaired) electrons. The summed E-state index contributed by atoms with van der Waals surface area (Å²) in [5, 5.41) is 0.732. The molecular formula is C9H10N4O2S. The molecule has 0 aromatic carbocycles. The minimum atomic E-state index is -0.252. The lowest BCUT2D eigenvalue weighted by Crippen LogP contribution is -2.26. The van der Waals surface area contributed by atoms with Crippen LogP contribution in [0, 0.1) is 0 Å². The molecule has 6 nitrogen and oxygen atoms in total. The number of esters is 1. The number of carbonyl (C=O) groups excluding carboxylic acids is 1. The number of fused-ring (bicyclic) bond motifs is 1. The zero-order chi connectivity index (χ0) is 11.4. The Labute approximate surface area is 96.6 Å². The van der Waals surface area contributed by atoms with Gasteiger partial charge in [0, 0.05) is 0 Å². The highest BCUT2D eigenvalue weighted by Crippen LogP contribution is 2.18. The van der Waals surface area contributed by atoms with Gasteiger partial charge < -0.3 is 4.74 Å². The zero-order valence-corrected chi connectivity index (χ0v) is 9.48. The maximum atomic E-state index is 11.2. The summed E-state index contributed by atoms with van der Waals surface area (Å²) in [6.07, 6.45) is 2.89. The molecule has 0 fully saturated rings. The quantitative estimate of drug-likeness (QED) is 0.673. The van der Waals surface area contributed by atoms with Crippen molar-refractivity contribution in [2.24, 2.45) is 20.0 Å². The number of ether oxygens (including phenoxy) is 1. The van der Waals surface area contributed by atoms with E-state index in [-0.39, 0.29) is 17.8 Å². The lowest BCUT2D eigenvalue weighted by molar-refractivity contribution is -0.139. The Morgan fingerprint density at radius 1 is 1.50 bits per heavy atom. The molecule has 0 spiro atoms. The molecule has 0 saturated carbocycles. The van der Waals surface area contributed by atoms with E-state index in [0.29, 0.717) is 12.4 Å². The van der Waals surface area contributed by atoms with Crippen molar-refractivity contribution in [1.29, 1.82) is 0 Å². The molecular weight excluding hydrogens is 228 g/mol. The van der Waals surface area contributed by atoms with Gasteiger partial charge in [0.2, 0.25) is 0 Å². The van der Waals surface area contributed by atoms with E-state index in [1.807, 2.05) is 0 Å². The topological polar surface area (TPSA) is 75.7 Å². The predicted molar refractivity (Wildman–Crippen MR) is 64.7 cm³/mol. The first-order valence-electron chi connectivity index (χ1n) is 4.79. The molecule has 84 valence electrons. The summed E-state index contributed by atoms with van der Waals surface area (Å²) in [6, 6.07) is -0.232. The Kier molecular flexibility index (Phi) is 3.45. The van der Waals surface area contributed by atoms with Crippen LogP contribution in [0.4, 0.5) is 0 Å². The van der Waals surface area contributed by atoms with Gasteiger partial charge in [-0.1, -0.05) is 11.8 Å². The van der Waals surface area contributed by atoms with E-state index in [2.05, 4.69) is 20.0 Å². The number of amidine groups is 1. The highest BCUT2D eigenvalue weighted by Gasteiger charge is 2.26. The maximum absolute atomic E-state index is 11.2. The van der Waals surface area contributed by atoms with Crippen molar-refractivity contribution < 1.29 is 9.53 Å². The van der Waals surface area contributed by atoms with Crippen LogP contribution in [0.15, 0.2) is 20.0 Å². The Bertz CT molecular complexity index is 414. The highest BCUT2D eigenvalue weighted by atomic mass is 32.2. The van der Waals surface area contributed by atoms with Crippen molar-refractivity contribution >= 4 is 41.3 Å². The fourth-order valence-corrected chi connectivity index (χ4v) is 2.04. The molecule has 0 amide bonds. The van der Waals surface area contributed by atoms with Gasteiger partial charge in [0.15, 0.2) is 11.9 Å². The number of nitrogens with zero attached hydrogens (tertiary/aromatic N) is 4. The minimum Gasteiger partial charge on any atom is -0.465 e. The third-order valence-electron chi connectivity index (χ3n) is 1.90. The number of rotatable bonds is 3. The van der Waals surface area contributed by atoms with Crippen molar-refractivity contribution in [3.63, 3.8) is 0 Å². The van der Waals surface area contributed by atoms with Gasteiger partial charge in [-0.2, -0.15) is 0 Å². The first-order valence-corrected chi connectivity index (χ1v) is 5.78. The van der Waals surface area contributed by atoms with Gasteiger partial charge in [-0.05, 0) is 6.92 Å². The van der Waals surface area contributed by atoms with E-state index >= 15 is 0 Å². The molecule has 2 aliphatic heterocycles. The van der Waals surface area contributed by atoms with Crippen LogP contribution in [-0.4, -0.2) is 47.9 Å². The third-order valence-corrected chi connectivity index (χ3v) is 2.91. The minimum absolute atomic E-state index is 0.232. The van der Waals surface area contributed by atoms with E-state index in [0.717, 1.165) is 5.04 Å². The summed E-state index contributed by atoms with van der Waals surface area (Å²) in [5.74, 6) is 0.610. The molecule has 7 heteroatoms. The normalized spacial score (nSPS) is 21.4. The second kappa shape index (κ2) is 5.02. The molecule has 2 aliphatic rings. The van der Waals surface area contributed by atoms with Gasteiger partial charge in [-0.3, -0.25) is 9.79 Å². The standard InChI is InChI=1S/C9H10N4O2S/c1-2-15-6(14)3-16-9-7-8(11-4-10-7)12-5-13-9/h4-5,7H,2-3H2,1H3. The first kappa shape index (κ1) is 11.0. The van der Waals surface area contributed by atoms with Crippen molar-refractivity contribution in [3.05, 3.63) is 0 Å². The van der Waals surface area contributed by atoms with Crippen LogP contribution in [0.25, 0.3) is 0 Å². The van der Waals surface area contributed by atoms with Crippen LogP contribution < -0.4 is 0 Å². The van der Waals surface area contributed by atoms with Crippen molar-refractivity contribution in [2.75, 3.05) is 12.4 Å². The van der Waals surface area contributed by atoms with Crippen molar-refractivity contribution in [2.45, 2.75) is 13.0 Å². The average molecular weight is 238 g/mol. The summed E-state index contributed by atoms with van der Waals surface area (Å²) >= 11 is 1.31. The number of thioether (sulfide) groups is 1. The summed E-state index contributed by atoms with van der Waals surface area (Å²) in [4.78, 5) is 27.4. The van der Waals surface area contributed by atoms with Crippen molar-refractivity contribution in [3.8, 4) is 0 Å². The highest BCUT2D eigenvalue weighted by molar-refractivity contribution is 8.14. The lowest BCUT2D eigenvalue weighted by atomic mass is 10.3. The second-order valence-corrected chi connectivity index (χ2v) is 3.96. The Morgan fingerprint density at radius 3 is 3.19 bits per heavy atom. The van der Waals surface area contributed by atoms with Crippen LogP contribution in [0.1, 0.15) is 6.92 Å². The third kappa shape index (κ3) is 2.35. The fraction of sp³-hybridized carbons (Fsp3) is 0.444. The molecule has 0 aliphatic carbocycles. The smallest absolute Gasteiger partial charge is 0.316 e. The summed E-state index contributed by atoms with van der Waals surface area (Å²) < 4.78 is 4.83. The molecule has 0 saturated heterocycles. The molecule has 2 heterocycles. The maximum Gasteiger partial charge on any atom is 0.316 e. The van der Waals surface area contributed by atoms with E-state index in [4.69, 9.17) is 4.74 Å². The number of aliphatic imine (C=N–C) groups is 4.